The number of nitrogens with one attached hydrogen (secondary N) is 2. The number of aliphatic hydroxyl groups is 1. The number of rotatable bonds is 14. The highest BCUT2D eigenvalue weighted by Crippen LogP contribution is 2.46. The van der Waals surface area contributed by atoms with Crippen molar-refractivity contribution in [3.05, 3.63) is 105 Å². The molecule has 2 aliphatic rings. The Hall–Kier alpha value is -3.54. The van der Waals surface area contributed by atoms with E-state index in [1.165, 1.54) is 6.07 Å². The van der Waals surface area contributed by atoms with Gasteiger partial charge < -0.3 is 20.6 Å². The van der Waals surface area contributed by atoms with E-state index in [9.17, 15) is 36.6 Å². The van der Waals surface area contributed by atoms with E-state index >= 15 is 0 Å². The van der Waals surface area contributed by atoms with Gasteiger partial charge >= 0.3 is 6.18 Å². The molecule has 12 heteroatoms. The molecule has 0 saturated heterocycles. The first-order valence-electron chi connectivity index (χ1n) is 17.1. The van der Waals surface area contributed by atoms with Crippen LogP contribution in [0.1, 0.15) is 101 Å². The monoisotopic (exact) mass is 721 g/mol. The summed E-state index contributed by atoms with van der Waals surface area (Å²) in [6.45, 7) is 6.33. The van der Waals surface area contributed by atoms with Crippen molar-refractivity contribution in [2.24, 2.45) is 0 Å². The normalized spacial score (nSPS) is 16.4. The van der Waals surface area contributed by atoms with Gasteiger partial charge in [-0.1, -0.05) is 38.8 Å². The number of halogens is 6. The molecule has 5 rings (SSSR count). The summed E-state index contributed by atoms with van der Waals surface area (Å²) in [7, 11) is 0. The lowest BCUT2D eigenvalue weighted by atomic mass is 9.89. The Labute approximate surface area is 296 Å². The minimum Gasteiger partial charge on any atom is -0.390 e. The average Bonchev–Trinajstić information content (AvgIpc) is 3.84. The van der Waals surface area contributed by atoms with Crippen LogP contribution in [0.25, 0.3) is 0 Å². The summed E-state index contributed by atoms with van der Waals surface area (Å²) < 4.78 is 68.6. The standard InChI is InChI=1S/C38H44F5N3O3.ClH/c1-4-7-29(8-5-2)46-14-11-30-31(15-23(3)16-32(30)36(46)49)35(48)45-33(19-24-17-27(39)21-28(40)18-24)34(47)22-44-37(12-13-37)25-9-6-10-26(20-25)38(41,42)43;/h6,9-10,15-18,20-21,29,33-34,44,47H,4-5,7-8,11-14,19,22H2,1-3H3,(H,45,48);1H/t33-,34+;/m0./s1. The molecule has 6 nitrogen and oxygen atoms in total. The molecule has 2 atom stereocenters. The van der Waals surface area contributed by atoms with Gasteiger partial charge in [0, 0.05) is 41.9 Å². The first-order valence-corrected chi connectivity index (χ1v) is 17.1. The van der Waals surface area contributed by atoms with Crippen molar-refractivity contribution in [3.8, 4) is 0 Å². The second-order valence-electron chi connectivity index (χ2n) is 13.5. The number of carbonyl (C=O) groups is 2. The number of fused-ring (bicyclic) bond motifs is 1. The molecular formula is C38H45ClF5N3O3. The van der Waals surface area contributed by atoms with E-state index in [1.54, 1.807) is 25.1 Å². The summed E-state index contributed by atoms with van der Waals surface area (Å²) in [5.74, 6) is -2.28. The van der Waals surface area contributed by atoms with Crippen LogP contribution in [0.15, 0.2) is 54.6 Å². The molecule has 0 aromatic heterocycles. The Morgan fingerprint density at radius 2 is 1.66 bits per heavy atom. The molecule has 0 unspecified atom stereocenters. The van der Waals surface area contributed by atoms with Crippen LogP contribution in [0.5, 0.6) is 0 Å². The fraction of sp³-hybridized carbons (Fsp3) is 0.474. The molecule has 1 aliphatic carbocycles. The van der Waals surface area contributed by atoms with Crippen molar-refractivity contribution in [2.75, 3.05) is 13.1 Å². The van der Waals surface area contributed by atoms with E-state index in [2.05, 4.69) is 24.5 Å². The van der Waals surface area contributed by atoms with Crippen LogP contribution in [0.2, 0.25) is 0 Å². The lowest BCUT2D eigenvalue weighted by molar-refractivity contribution is -0.137. The average molecular weight is 722 g/mol. The number of amides is 2. The highest BCUT2D eigenvalue weighted by atomic mass is 35.5. The van der Waals surface area contributed by atoms with Crippen molar-refractivity contribution in [1.82, 2.24) is 15.5 Å². The van der Waals surface area contributed by atoms with Crippen molar-refractivity contribution < 1.29 is 36.6 Å². The summed E-state index contributed by atoms with van der Waals surface area (Å²) in [5, 5.41) is 17.5. The lowest BCUT2D eigenvalue weighted by Crippen LogP contribution is -2.50. The van der Waals surface area contributed by atoms with Crippen LogP contribution in [0.3, 0.4) is 0 Å². The summed E-state index contributed by atoms with van der Waals surface area (Å²) in [4.78, 5) is 29.6. The maximum Gasteiger partial charge on any atom is 0.416 e. The van der Waals surface area contributed by atoms with Gasteiger partial charge in [0.05, 0.1) is 17.7 Å². The van der Waals surface area contributed by atoms with Crippen LogP contribution in [-0.2, 0) is 24.6 Å². The van der Waals surface area contributed by atoms with E-state index in [4.69, 9.17) is 0 Å². The number of alkyl halides is 3. The molecule has 0 bridgehead atoms. The quantitative estimate of drug-likeness (QED) is 0.149. The van der Waals surface area contributed by atoms with Crippen LogP contribution < -0.4 is 10.6 Å². The number of benzene rings is 3. The van der Waals surface area contributed by atoms with E-state index in [1.807, 2.05) is 4.90 Å². The molecule has 0 radical (unpaired) electrons. The minimum absolute atomic E-state index is 0. The fourth-order valence-electron chi connectivity index (χ4n) is 7.08. The van der Waals surface area contributed by atoms with E-state index in [-0.39, 0.29) is 42.9 Å². The van der Waals surface area contributed by atoms with Gasteiger partial charge in [-0.3, -0.25) is 9.59 Å². The summed E-state index contributed by atoms with van der Waals surface area (Å²) in [6.07, 6.45) is -0.709. The maximum absolute atomic E-state index is 14.2. The zero-order valence-electron chi connectivity index (χ0n) is 28.5. The van der Waals surface area contributed by atoms with Gasteiger partial charge in [0.25, 0.3) is 11.8 Å². The zero-order valence-corrected chi connectivity index (χ0v) is 29.3. The largest absolute Gasteiger partial charge is 0.416 e. The van der Waals surface area contributed by atoms with Crippen molar-refractivity contribution in [2.45, 2.75) is 102 Å². The number of hydrogen-bond acceptors (Lipinski definition) is 4. The Morgan fingerprint density at radius 3 is 2.26 bits per heavy atom. The SMILES string of the molecule is CCCC(CCC)N1CCc2c(C(=O)N[C@@H](Cc3cc(F)cc(F)c3)[C@H](O)CNC3(c4cccc(C(F)(F)F)c4)CC3)cc(C)cc2C1=O.Cl. The van der Waals surface area contributed by atoms with Crippen LogP contribution in [-0.4, -0.2) is 53.1 Å². The topological polar surface area (TPSA) is 81.7 Å². The number of carbonyl (C=O) groups excluding carboxylic acids is 2. The molecule has 1 saturated carbocycles. The van der Waals surface area contributed by atoms with Gasteiger partial charge in [0.2, 0.25) is 0 Å². The smallest absolute Gasteiger partial charge is 0.390 e. The Bertz CT molecular complexity index is 1650. The van der Waals surface area contributed by atoms with E-state index in [0.29, 0.717) is 53.6 Å². The minimum atomic E-state index is -4.51. The summed E-state index contributed by atoms with van der Waals surface area (Å²) in [5.41, 5.74) is 1.18. The number of aliphatic hydroxyl groups excluding tert-OH is 1. The second-order valence-corrected chi connectivity index (χ2v) is 13.5. The molecular weight excluding hydrogens is 677 g/mol. The molecule has 3 aromatic rings. The first-order chi connectivity index (χ1) is 23.2. The molecule has 272 valence electrons. The summed E-state index contributed by atoms with van der Waals surface area (Å²) in [6, 6.07) is 10.6. The maximum atomic E-state index is 14.2. The molecule has 3 aromatic carbocycles. The third kappa shape index (κ3) is 9.03. The number of aryl methyl sites for hydroxylation is 1. The molecule has 50 heavy (non-hydrogen) atoms. The molecule has 1 heterocycles. The second kappa shape index (κ2) is 16.2. The van der Waals surface area contributed by atoms with Crippen molar-refractivity contribution >= 4 is 24.2 Å². The van der Waals surface area contributed by atoms with Gasteiger partial charge in [-0.05, 0) is 104 Å². The van der Waals surface area contributed by atoms with Gasteiger partial charge in [-0.15, -0.1) is 12.4 Å². The highest BCUT2D eigenvalue weighted by molar-refractivity contribution is 6.03. The van der Waals surface area contributed by atoms with E-state index < -0.39 is 47.0 Å². The summed E-state index contributed by atoms with van der Waals surface area (Å²) >= 11 is 0. The highest BCUT2D eigenvalue weighted by Gasteiger charge is 2.45. The van der Waals surface area contributed by atoms with Gasteiger partial charge in [0.15, 0.2) is 0 Å². The molecule has 1 aliphatic heterocycles. The van der Waals surface area contributed by atoms with Crippen LogP contribution in [0.4, 0.5) is 22.0 Å². The van der Waals surface area contributed by atoms with Crippen LogP contribution >= 0.6 is 12.4 Å². The molecule has 2 amide bonds. The fourth-order valence-corrected chi connectivity index (χ4v) is 7.08. The Morgan fingerprint density at radius 1 is 1.00 bits per heavy atom. The number of hydrogen-bond donors (Lipinski definition) is 3. The van der Waals surface area contributed by atoms with Gasteiger partial charge in [-0.2, -0.15) is 13.2 Å². The van der Waals surface area contributed by atoms with Crippen molar-refractivity contribution in [1.29, 1.82) is 0 Å². The predicted molar refractivity (Wildman–Crippen MR) is 184 cm³/mol. The molecule has 1 fully saturated rings. The Kier molecular flexibility index (Phi) is 12.7. The third-order valence-electron chi connectivity index (χ3n) is 9.72. The van der Waals surface area contributed by atoms with Crippen LogP contribution in [0, 0.1) is 18.6 Å². The number of nitrogens with zero attached hydrogens (tertiary/aromatic N) is 1. The van der Waals surface area contributed by atoms with Crippen molar-refractivity contribution in [3.63, 3.8) is 0 Å². The Balaban J connectivity index is 0.00000562. The third-order valence-corrected chi connectivity index (χ3v) is 9.72. The predicted octanol–water partition coefficient (Wildman–Crippen LogP) is 7.66. The molecule has 0 spiro atoms. The van der Waals surface area contributed by atoms with E-state index in [0.717, 1.165) is 56.0 Å². The molecule has 3 N–H and O–H groups in total. The van der Waals surface area contributed by atoms with Gasteiger partial charge in [0.1, 0.15) is 11.6 Å². The lowest BCUT2D eigenvalue weighted by Gasteiger charge is -2.36. The zero-order chi connectivity index (χ0) is 35.5. The van der Waals surface area contributed by atoms with Gasteiger partial charge in [-0.25, -0.2) is 8.78 Å². The first kappa shape index (κ1) is 39.2.